The van der Waals surface area contributed by atoms with Crippen LogP contribution in [0.2, 0.25) is 5.02 Å². The van der Waals surface area contributed by atoms with Gasteiger partial charge in [-0.15, -0.1) is 0 Å². The van der Waals surface area contributed by atoms with Crippen molar-refractivity contribution < 1.29 is 9.53 Å². The molecule has 130 valence electrons. The predicted octanol–water partition coefficient (Wildman–Crippen LogP) is 4.40. The van der Waals surface area contributed by atoms with Crippen molar-refractivity contribution in [3.05, 3.63) is 63.7 Å². The van der Waals surface area contributed by atoms with E-state index in [1.165, 1.54) is 6.08 Å². The van der Waals surface area contributed by atoms with Crippen molar-refractivity contribution in [2.75, 3.05) is 11.9 Å². The van der Waals surface area contributed by atoms with Crippen molar-refractivity contribution in [3.63, 3.8) is 0 Å². The van der Waals surface area contributed by atoms with Gasteiger partial charge in [-0.25, -0.2) is 0 Å². The van der Waals surface area contributed by atoms with Crippen LogP contribution < -0.4 is 10.1 Å². The highest BCUT2D eigenvalue weighted by Crippen LogP contribution is 2.26. The molecule has 0 aliphatic rings. The molecule has 0 aliphatic carbocycles. The first kappa shape index (κ1) is 19.1. The molecule has 2 aromatic rings. The summed E-state index contributed by atoms with van der Waals surface area (Å²) in [6, 6.07) is 14.1. The second-order valence-electron chi connectivity index (χ2n) is 5.56. The summed E-state index contributed by atoms with van der Waals surface area (Å²) >= 11 is 6.09. The molecular weight excluding hydrogens is 350 g/mol. The maximum absolute atomic E-state index is 12.3. The Balaban J connectivity index is 2.20. The van der Waals surface area contributed by atoms with Gasteiger partial charge in [-0.3, -0.25) is 4.79 Å². The summed E-state index contributed by atoms with van der Waals surface area (Å²) in [6.07, 6.45) is 1.44. The number of benzene rings is 2. The number of halogens is 1. The fraction of sp³-hybridized carbons (Fsp3) is 0.150. The smallest absolute Gasteiger partial charge is 0.266 e. The molecule has 6 heteroatoms. The van der Waals surface area contributed by atoms with Crippen LogP contribution in [0.4, 0.5) is 5.69 Å². The number of nitrogens with zero attached hydrogens (tertiary/aromatic N) is 2. The number of hydrogen-bond acceptors (Lipinski definition) is 4. The Bertz CT molecular complexity index is 953. The molecule has 0 atom stereocenters. The fourth-order valence-corrected chi connectivity index (χ4v) is 2.41. The molecule has 0 aromatic heterocycles. The minimum Gasteiger partial charge on any atom is -0.477 e. The second-order valence-corrected chi connectivity index (χ2v) is 5.97. The van der Waals surface area contributed by atoms with Crippen molar-refractivity contribution in [3.8, 4) is 17.9 Å². The standard InChI is InChI=1S/C20H16ClN3O2/c1-13-3-5-17(9-14(13)2)24-20(25)16(12-23)10-15-4-6-19(18(21)11-15)26-8-7-22/h3-6,9-11H,8H2,1-2H3,(H,24,25)/b16-10+. The molecule has 0 saturated heterocycles. The molecule has 26 heavy (non-hydrogen) atoms. The van der Waals surface area contributed by atoms with E-state index in [2.05, 4.69) is 5.32 Å². The summed E-state index contributed by atoms with van der Waals surface area (Å²) in [4.78, 5) is 12.3. The van der Waals surface area contributed by atoms with Crippen LogP contribution in [0.1, 0.15) is 16.7 Å². The molecule has 0 aliphatic heterocycles. The number of hydrogen-bond donors (Lipinski definition) is 1. The lowest BCUT2D eigenvalue weighted by atomic mass is 10.1. The van der Waals surface area contributed by atoms with E-state index in [-0.39, 0.29) is 12.2 Å². The maximum Gasteiger partial charge on any atom is 0.266 e. The minimum absolute atomic E-state index is 0.0509. The van der Waals surface area contributed by atoms with E-state index in [0.717, 1.165) is 11.1 Å². The average Bonchev–Trinajstić information content (AvgIpc) is 2.62. The monoisotopic (exact) mass is 365 g/mol. The number of carbonyl (C=O) groups excluding carboxylic acids is 1. The number of nitrogens with one attached hydrogen (secondary N) is 1. The third-order valence-electron chi connectivity index (χ3n) is 3.69. The number of carbonyl (C=O) groups is 1. The van der Waals surface area contributed by atoms with Gasteiger partial charge in [-0.2, -0.15) is 10.5 Å². The van der Waals surface area contributed by atoms with Crippen LogP contribution in [0.3, 0.4) is 0 Å². The molecule has 2 aromatic carbocycles. The van der Waals surface area contributed by atoms with Crippen LogP contribution in [-0.2, 0) is 4.79 Å². The van der Waals surface area contributed by atoms with Gasteiger partial charge in [-0.05, 0) is 60.9 Å². The van der Waals surface area contributed by atoms with E-state index in [9.17, 15) is 10.1 Å². The van der Waals surface area contributed by atoms with Crippen LogP contribution in [0, 0.1) is 36.5 Å². The first-order valence-corrected chi connectivity index (χ1v) is 8.12. The summed E-state index contributed by atoms with van der Waals surface area (Å²) < 4.78 is 5.16. The highest BCUT2D eigenvalue weighted by atomic mass is 35.5. The van der Waals surface area contributed by atoms with Crippen molar-refractivity contribution in [2.45, 2.75) is 13.8 Å². The Hall–Kier alpha value is -3.28. The summed E-state index contributed by atoms with van der Waals surface area (Å²) in [6.45, 7) is 3.82. The lowest BCUT2D eigenvalue weighted by molar-refractivity contribution is -0.112. The second kappa shape index (κ2) is 8.71. The van der Waals surface area contributed by atoms with E-state index in [1.54, 1.807) is 24.3 Å². The average molecular weight is 366 g/mol. The number of amides is 1. The van der Waals surface area contributed by atoms with E-state index in [0.29, 0.717) is 22.0 Å². The molecule has 0 spiro atoms. The van der Waals surface area contributed by atoms with Crippen molar-refractivity contribution in [2.24, 2.45) is 0 Å². The normalized spacial score (nSPS) is 10.6. The Labute approximate surface area is 157 Å². The van der Waals surface area contributed by atoms with Gasteiger partial charge in [-0.1, -0.05) is 23.7 Å². The zero-order chi connectivity index (χ0) is 19.1. The zero-order valence-corrected chi connectivity index (χ0v) is 15.1. The van der Waals surface area contributed by atoms with E-state index in [1.807, 2.05) is 38.1 Å². The van der Waals surface area contributed by atoms with Crippen molar-refractivity contribution in [1.82, 2.24) is 0 Å². The Morgan fingerprint density at radius 1 is 1.19 bits per heavy atom. The molecule has 0 fully saturated rings. The summed E-state index contributed by atoms with van der Waals surface area (Å²) in [7, 11) is 0. The van der Waals surface area contributed by atoms with Gasteiger partial charge in [0.15, 0.2) is 6.61 Å². The molecule has 0 radical (unpaired) electrons. The van der Waals surface area contributed by atoms with E-state index in [4.69, 9.17) is 21.6 Å². The van der Waals surface area contributed by atoms with Crippen LogP contribution >= 0.6 is 11.6 Å². The molecule has 1 amide bonds. The zero-order valence-electron chi connectivity index (χ0n) is 14.3. The van der Waals surface area contributed by atoms with Crippen molar-refractivity contribution in [1.29, 1.82) is 10.5 Å². The highest BCUT2D eigenvalue weighted by Gasteiger charge is 2.11. The molecule has 5 nitrogen and oxygen atoms in total. The molecule has 1 N–H and O–H groups in total. The number of aryl methyl sites for hydroxylation is 2. The molecule has 0 bridgehead atoms. The summed E-state index contributed by atoms with van der Waals surface area (Å²) in [5.74, 6) is -0.139. The molecule has 0 saturated carbocycles. The van der Waals surface area contributed by atoms with E-state index >= 15 is 0 Å². The Morgan fingerprint density at radius 3 is 2.58 bits per heavy atom. The van der Waals surface area contributed by atoms with Crippen molar-refractivity contribution >= 4 is 29.3 Å². The molecule has 0 heterocycles. The summed E-state index contributed by atoms with van der Waals surface area (Å²) in [5.41, 5.74) is 3.31. The van der Waals surface area contributed by atoms with Gasteiger partial charge < -0.3 is 10.1 Å². The quantitative estimate of drug-likeness (QED) is 0.628. The van der Waals surface area contributed by atoms with Crippen LogP contribution in [0.5, 0.6) is 5.75 Å². The number of anilines is 1. The van der Waals surface area contributed by atoms with Gasteiger partial charge in [0.05, 0.1) is 5.02 Å². The van der Waals surface area contributed by atoms with Crippen LogP contribution in [0.15, 0.2) is 42.0 Å². The topological polar surface area (TPSA) is 85.9 Å². The van der Waals surface area contributed by atoms with Gasteiger partial charge in [0, 0.05) is 5.69 Å². The Morgan fingerprint density at radius 2 is 1.96 bits per heavy atom. The van der Waals surface area contributed by atoms with Gasteiger partial charge in [0.1, 0.15) is 23.5 Å². The van der Waals surface area contributed by atoms with Gasteiger partial charge >= 0.3 is 0 Å². The van der Waals surface area contributed by atoms with E-state index < -0.39 is 5.91 Å². The number of ether oxygens (including phenoxy) is 1. The first-order valence-electron chi connectivity index (χ1n) is 7.74. The number of rotatable bonds is 5. The predicted molar refractivity (Wildman–Crippen MR) is 101 cm³/mol. The molecule has 0 unspecified atom stereocenters. The fourth-order valence-electron chi connectivity index (χ4n) is 2.17. The molecular formula is C20H16ClN3O2. The minimum atomic E-state index is -0.503. The maximum atomic E-state index is 12.3. The van der Waals surface area contributed by atoms with Crippen LogP contribution in [-0.4, -0.2) is 12.5 Å². The Kier molecular flexibility index (Phi) is 6.38. The number of nitriles is 2. The lowest BCUT2D eigenvalue weighted by Crippen LogP contribution is -2.13. The first-order chi connectivity index (χ1) is 12.4. The lowest BCUT2D eigenvalue weighted by Gasteiger charge is -2.08. The molecule has 2 rings (SSSR count). The van der Waals surface area contributed by atoms with Crippen LogP contribution in [0.25, 0.3) is 6.08 Å². The third-order valence-corrected chi connectivity index (χ3v) is 3.98. The van der Waals surface area contributed by atoms with Gasteiger partial charge in [0.25, 0.3) is 5.91 Å². The largest absolute Gasteiger partial charge is 0.477 e. The third kappa shape index (κ3) is 4.86. The highest BCUT2D eigenvalue weighted by molar-refractivity contribution is 6.32. The van der Waals surface area contributed by atoms with Gasteiger partial charge in [0.2, 0.25) is 0 Å². The SMILES string of the molecule is Cc1ccc(NC(=O)/C(C#N)=C/c2ccc(OCC#N)c(Cl)c2)cc1C. The summed E-state index contributed by atoms with van der Waals surface area (Å²) in [5, 5.41) is 20.8.